The summed E-state index contributed by atoms with van der Waals surface area (Å²) in [6.07, 6.45) is 8.03. The van der Waals surface area contributed by atoms with E-state index in [1.165, 1.54) is 51.6 Å². The van der Waals surface area contributed by atoms with E-state index in [4.69, 9.17) is 5.11 Å². The van der Waals surface area contributed by atoms with Crippen molar-refractivity contribution in [1.29, 1.82) is 0 Å². The molecule has 0 aromatic heterocycles. The lowest BCUT2D eigenvalue weighted by Gasteiger charge is -2.27. The maximum absolute atomic E-state index is 8.99. The zero-order valence-corrected chi connectivity index (χ0v) is 9.62. The van der Waals surface area contributed by atoms with Crippen LogP contribution in [0, 0.1) is 0 Å². The van der Waals surface area contributed by atoms with Crippen LogP contribution in [0.2, 0.25) is 0 Å². The minimum atomic E-state index is 0.314. The fourth-order valence-corrected chi connectivity index (χ4v) is 2.54. The summed E-state index contributed by atoms with van der Waals surface area (Å²) in [7, 11) is 0. The van der Waals surface area contributed by atoms with Crippen LogP contribution < -0.4 is 5.32 Å². The molecule has 0 aromatic carbocycles. The molecule has 3 heteroatoms. The van der Waals surface area contributed by atoms with Crippen molar-refractivity contribution in [3.63, 3.8) is 0 Å². The highest BCUT2D eigenvalue weighted by molar-refractivity contribution is 4.85. The maximum atomic E-state index is 8.99. The summed E-state index contributed by atoms with van der Waals surface area (Å²) in [6, 6.07) is 1.53. The largest absolute Gasteiger partial charge is 0.395 e. The summed E-state index contributed by atoms with van der Waals surface area (Å²) >= 11 is 0. The minimum absolute atomic E-state index is 0.314. The zero-order chi connectivity index (χ0) is 10.5. The molecule has 1 aliphatic carbocycles. The van der Waals surface area contributed by atoms with Crippen molar-refractivity contribution in [3.8, 4) is 0 Å². The number of aliphatic hydroxyl groups excluding tert-OH is 1. The van der Waals surface area contributed by atoms with Crippen LogP contribution in [0.5, 0.6) is 0 Å². The van der Waals surface area contributed by atoms with Gasteiger partial charge in [0, 0.05) is 18.6 Å². The normalized spacial score (nSPS) is 27.2. The predicted molar refractivity (Wildman–Crippen MR) is 61.9 cm³/mol. The number of hydrogen-bond acceptors (Lipinski definition) is 3. The molecule has 2 fully saturated rings. The van der Waals surface area contributed by atoms with Crippen LogP contribution in [0.15, 0.2) is 0 Å². The molecule has 3 nitrogen and oxygen atoms in total. The first-order valence-corrected chi connectivity index (χ1v) is 6.48. The van der Waals surface area contributed by atoms with Crippen LogP contribution in [0.4, 0.5) is 0 Å². The molecule has 0 amide bonds. The number of rotatable bonds is 6. The second-order valence-electron chi connectivity index (χ2n) is 4.93. The molecular weight excluding hydrogens is 188 g/mol. The van der Waals surface area contributed by atoms with E-state index in [0.29, 0.717) is 6.61 Å². The summed E-state index contributed by atoms with van der Waals surface area (Å²) in [5, 5.41) is 12.6. The minimum Gasteiger partial charge on any atom is -0.395 e. The fraction of sp³-hybridized carbons (Fsp3) is 1.00. The Morgan fingerprint density at radius 2 is 2.00 bits per heavy atom. The molecule has 0 aromatic rings. The van der Waals surface area contributed by atoms with Gasteiger partial charge in [-0.05, 0) is 45.2 Å². The van der Waals surface area contributed by atoms with Crippen molar-refractivity contribution in [3.05, 3.63) is 0 Å². The molecule has 1 atom stereocenters. The van der Waals surface area contributed by atoms with E-state index < -0.39 is 0 Å². The van der Waals surface area contributed by atoms with Crippen molar-refractivity contribution in [2.75, 3.05) is 26.2 Å². The summed E-state index contributed by atoms with van der Waals surface area (Å²) in [4.78, 5) is 2.47. The Morgan fingerprint density at radius 3 is 2.60 bits per heavy atom. The van der Waals surface area contributed by atoms with Gasteiger partial charge in [-0.15, -0.1) is 0 Å². The van der Waals surface area contributed by atoms with Gasteiger partial charge in [0.15, 0.2) is 0 Å². The van der Waals surface area contributed by atoms with Gasteiger partial charge >= 0.3 is 0 Å². The van der Waals surface area contributed by atoms with Gasteiger partial charge in [0.2, 0.25) is 0 Å². The second-order valence-corrected chi connectivity index (χ2v) is 4.93. The number of aliphatic hydroxyl groups is 1. The Hall–Kier alpha value is -0.120. The standard InChI is InChI=1S/C12H24N2O/c15-10-9-14(12-4-5-12)8-6-11-3-1-2-7-13-11/h11-13,15H,1-10H2. The van der Waals surface area contributed by atoms with Gasteiger partial charge in [0.25, 0.3) is 0 Å². The molecule has 2 rings (SSSR count). The van der Waals surface area contributed by atoms with E-state index in [1.54, 1.807) is 0 Å². The fourth-order valence-electron chi connectivity index (χ4n) is 2.54. The third kappa shape index (κ3) is 3.74. The summed E-state index contributed by atoms with van der Waals surface area (Å²) in [5.74, 6) is 0. The Kier molecular flexibility index (Phi) is 4.42. The van der Waals surface area contributed by atoms with Gasteiger partial charge in [-0.3, -0.25) is 4.90 Å². The first kappa shape index (κ1) is 11.4. The van der Waals surface area contributed by atoms with Crippen LogP contribution in [0.3, 0.4) is 0 Å². The summed E-state index contributed by atoms with van der Waals surface area (Å²) in [6.45, 7) is 3.56. The maximum Gasteiger partial charge on any atom is 0.0558 e. The molecule has 2 aliphatic rings. The third-order valence-corrected chi connectivity index (χ3v) is 3.63. The molecule has 1 unspecified atom stereocenters. The predicted octanol–water partition coefficient (Wildman–Crippen LogP) is 0.975. The van der Waals surface area contributed by atoms with E-state index in [2.05, 4.69) is 10.2 Å². The smallest absolute Gasteiger partial charge is 0.0558 e. The highest BCUT2D eigenvalue weighted by Crippen LogP contribution is 2.27. The van der Waals surface area contributed by atoms with E-state index in [-0.39, 0.29) is 0 Å². The second kappa shape index (κ2) is 5.83. The van der Waals surface area contributed by atoms with E-state index in [9.17, 15) is 0 Å². The lowest BCUT2D eigenvalue weighted by molar-refractivity contribution is 0.179. The quantitative estimate of drug-likeness (QED) is 0.689. The molecule has 1 heterocycles. The van der Waals surface area contributed by atoms with Crippen LogP contribution in [0.1, 0.15) is 38.5 Å². The van der Waals surface area contributed by atoms with Gasteiger partial charge in [-0.1, -0.05) is 6.42 Å². The number of nitrogens with one attached hydrogen (secondary N) is 1. The first-order chi connectivity index (χ1) is 7.40. The molecule has 0 bridgehead atoms. The van der Waals surface area contributed by atoms with Gasteiger partial charge in [0.05, 0.1) is 6.61 Å². The van der Waals surface area contributed by atoms with E-state index in [0.717, 1.165) is 18.6 Å². The zero-order valence-electron chi connectivity index (χ0n) is 9.62. The van der Waals surface area contributed by atoms with Gasteiger partial charge < -0.3 is 10.4 Å². The summed E-state index contributed by atoms with van der Waals surface area (Å²) in [5.41, 5.74) is 0. The third-order valence-electron chi connectivity index (χ3n) is 3.63. The van der Waals surface area contributed by atoms with Crippen molar-refractivity contribution < 1.29 is 5.11 Å². The summed E-state index contributed by atoms with van der Waals surface area (Å²) < 4.78 is 0. The number of hydrogen-bond donors (Lipinski definition) is 2. The molecule has 1 saturated carbocycles. The molecule has 88 valence electrons. The van der Waals surface area contributed by atoms with Crippen molar-refractivity contribution in [2.24, 2.45) is 0 Å². The van der Waals surface area contributed by atoms with E-state index >= 15 is 0 Å². The Bertz CT molecular complexity index is 176. The number of nitrogens with zero attached hydrogens (tertiary/aromatic N) is 1. The highest BCUT2D eigenvalue weighted by Gasteiger charge is 2.28. The van der Waals surface area contributed by atoms with Crippen molar-refractivity contribution >= 4 is 0 Å². The van der Waals surface area contributed by atoms with Crippen molar-refractivity contribution in [1.82, 2.24) is 10.2 Å². The molecular formula is C12H24N2O. The van der Waals surface area contributed by atoms with Crippen LogP contribution in [-0.2, 0) is 0 Å². The lowest BCUT2D eigenvalue weighted by Crippen LogP contribution is -2.38. The van der Waals surface area contributed by atoms with Crippen LogP contribution >= 0.6 is 0 Å². The lowest BCUT2D eigenvalue weighted by atomic mass is 10.0. The molecule has 15 heavy (non-hydrogen) atoms. The number of piperidine rings is 1. The van der Waals surface area contributed by atoms with E-state index in [1.807, 2.05) is 0 Å². The SMILES string of the molecule is OCCN(CCC1CCCCN1)C1CC1. The molecule has 0 spiro atoms. The average Bonchev–Trinajstić information content (AvgIpc) is 3.09. The van der Waals surface area contributed by atoms with Gasteiger partial charge in [-0.25, -0.2) is 0 Å². The molecule has 1 saturated heterocycles. The monoisotopic (exact) mass is 212 g/mol. The Morgan fingerprint density at radius 1 is 1.13 bits per heavy atom. The average molecular weight is 212 g/mol. The van der Waals surface area contributed by atoms with Gasteiger partial charge in [0.1, 0.15) is 0 Å². The molecule has 0 radical (unpaired) electrons. The molecule has 2 N–H and O–H groups in total. The topological polar surface area (TPSA) is 35.5 Å². The molecule has 1 aliphatic heterocycles. The van der Waals surface area contributed by atoms with Crippen LogP contribution in [0.25, 0.3) is 0 Å². The highest BCUT2D eigenvalue weighted by atomic mass is 16.3. The van der Waals surface area contributed by atoms with Crippen molar-refractivity contribution in [2.45, 2.75) is 50.6 Å². The Balaban J connectivity index is 1.65. The Labute approximate surface area is 92.8 Å². The van der Waals surface area contributed by atoms with Gasteiger partial charge in [-0.2, -0.15) is 0 Å². The first-order valence-electron chi connectivity index (χ1n) is 6.48. The van der Waals surface area contributed by atoms with Crippen LogP contribution in [-0.4, -0.2) is 48.3 Å².